The number of carbonyl (C=O) groups excluding carboxylic acids is 2. The molecule has 0 radical (unpaired) electrons. The van der Waals surface area contributed by atoms with Gasteiger partial charge in [-0.05, 0) is 37.6 Å². The lowest BCUT2D eigenvalue weighted by Crippen LogP contribution is -2.17. The van der Waals surface area contributed by atoms with Crippen molar-refractivity contribution < 1.29 is 32.2 Å². The summed E-state index contributed by atoms with van der Waals surface area (Å²) in [5, 5.41) is 0. The van der Waals surface area contributed by atoms with E-state index >= 15 is 0 Å². The van der Waals surface area contributed by atoms with E-state index in [1.807, 2.05) is 0 Å². The smallest absolute Gasteiger partial charge is 0.501 e. The quantitative estimate of drug-likeness (QED) is 0.334. The maximum Gasteiger partial charge on any atom is 0.573 e. The lowest BCUT2D eigenvalue weighted by molar-refractivity contribution is -0.274. The summed E-state index contributed by atoms with van der Waals surface area (Å²) in [6.07, 6.45) is -2.84. The van der Waals surface area contributed by atoms with Gasteiger partial charge in [-0.3, -0.25) is 9.59 Å². The number of rotatable bonds is 7. The predicted molar refractivity (Wildman–Crippen MR) is 72.6 cm³/mol. The summed E-state index contributed by atoms with van der Waals surface area (Å²) in [5.74, 6) is -1.35. The molecule has 0 saturated heterocycles. The maximum absolute atomic E-state index is 12.1. The van der Waals surface area contributed by atoms with E-state index in [0.29, 0.717) is 12.2 Å². The number of aryl methyl sites for hydroxylation is 1. The molecule has 22 heavy (non-hydrogen) atoms. The molecule has 1 aromatic rings. The Morgan fingerprint density at radius 3 is 2.50 bits per heavy atom. The van der Waals surface area contributed by atoms with Gasteiger partial charge in [0.05, 0.1) is 19.3 Å². The SMILES string of the molecule is CCO/C=C/C(=O)CC(=O)c1ccc(OC(F)(F)F)cc1C. The number of carbonyl (C=O) groups is 2. The van der Waals surface area contributed by atoms with E-state index in [1.165, 1.54) is 19.3 Å². The van der Waals surface area contributed by atoms with Gasteiger partial charge in [0, 0.05) is 11.6 Å². The van der Waals surface area contributed by atoms with Crippen LogP contribution in [0.5, 0.6) is 5.75 Å². The Bertz CT molecular complexity index is 577. The van der Waals surface area contributed by atoms with Gasteiger partial charge >= 0.3 is 6.36 Å². The van der Waals surface area contributed by atoms with Crippen LogP contribution in [0, 0.1) is 6.92 Å². The monoisotopic (exact) mass is 316 g/mol. The lowest BCUT2D eigenvalue weighted by atomic mass is 10.0. The molecule has 120 valence electrons. The van der Waals surface area contributed by atoms with E-state index in [1.54, 1.807) is 6.92 Å². The van der Waals surface area contributed by atoms with Gasteiger partial charge in [0.1, 0.15) is 5.75 Å². The third-order valence-corrected chi connectivity index (χ3v) is 2.58. The van der Waals surface area contributed by atoms with Crippen molar-refractivity contribution in [3.63, 3.8) is 0 Å². The highest BCUT2D eigenvalue weighted by molar-refractivity contribution is 6.11. The minimum Gasteiger partial charge on any atom is -0.501 e. The second kappa shape index (κ2) is 7.63. The zero-order valence-corrected chi connectivity index (χ0v) is 12.1. The first-order valence-corrected chi connectivity index (χ1v) is 6.43. The number of Topliss-reactive ketones (excluding diaryl/α,β-unsaturated/α-hetero) is 1. The summed E-state index contributed by atoms with van der Waals surface area (Å²) in [5.41, 5.74) is 0.473. The molecule has 1 aromatic carbocycles. The zero-order chi connectivity index (χ0) is 16.8. The Hall–Kier alpha value is -2.31. The van der Waals surface area contributed by atoms with Crippen molar-refractivity contribution in [1.82, 2.24) is 0 Å². The number of ketones is 2. The highest BCUT2D eigenvalue weighted by Crippen LogP contribution is 2.25. The van der Waals surface area contributed by atoms with Crippen molar-refractivity contribution in [2.24, 2.45) is 0 Å². The third-order valence-electron chi connectivity index (χ3n) is 2.58. The van der Waals surface area contributed by atoms with Crippen molar-refractivity contribution >= 4 is 11.6 Å². The normalized spacial score (nSPS) is 11.5. The summed E-state index contributed by atoms with van der Waals surface area (Å²) in [4.78, 5) is 23.5. The van der Waals surface area contributed by atoms with Crippen molar-refractivity contribution in [1.29, 1.82) is 0 Å². The minimum atomic E-state index is -4.79. The average molecular weight is 316 g/mol. The summed E-state index contributed by atoms with van der Waals surface area (Å²) in [7, 11) is 0. The highest BCUT2D eigenvalue weighted by Gasteiger charge is 2.31. The first-order valence-electron chi connectivity index (χ1n) is 6.43. The maximum atomic E-state index is 12.1. The zero-order valence-electron chi connectivity index (χ0n) is 12.1. The summed E-state index contributed by atoms with van der Waals surface area (Å²) in [6, 6.07) is 3.34. The van der Waals surface area contributed by atoms with Crippen molar-refractivity contribution in [2.75, 3.05) is 6.61 Å². The second-order valence-corrected chi connectivity index (χ2v) is 4.35. The number of ether oxygens (including phenoxy) is 2. The van der Waals surface area contributed by atoms with Crippen LogP contribution in [0.4, 0.5) is 13.2 Å². The van der Waals surface area contributed by atoms with Crippen molar-refractivity contribution in [2.45, 2.75) is 26.6 Å². The molecular formula is C15H15F3O4. The molecule has 0 aliphatic carbocycles. The van der Waals surface area contributed by atoms with Crippen LogP contribution in [-0.4, -0.2) is 24.5 Å². The Balaban J connectivity index is 2.76. The highest BCUT2D eigenvalue weighted by atomic mass is 19.4. The van der Waals surface area contributed by atoms with E-state index in [2.05, 4.69) is 4.74 Å². The number of hydrogen-bond acceptors (Lipinski definition) is 4. The second-order valence-electron chi connectivity index (χ2n) is 4.35. The van der Waals surface area contributed by atoms with Crippen LogP contribution in [0.3, 0.4) is 0 Å². The molecule has 0 unspecified atom stereocenters. The van der Waals surface area contributed by atoms with Crippen LogP contribution < -0.4 is 4.74 Å². The van der Waals surface area contributed by atoms with Crippen molar-refractivity contribution in [3.05, 3.63) is 41.7 Å². The molecule has 0 heterocycles. The van der Waals surface area contributed by atoms with Crippen molar-refractivity contribution in [3.8, 4) is 5.75 Å². The van der Waals surface area contributed by atoms with Gasteiger partial charge in [-0.25, -0.2) is 0 Å². The number of alkyl halides is 3. The molecule has 0 aliphatic rings. The first-order chi connectivity index (χ1) is 10.2. The molecule has 7 heteroatoms. The molecule has 0 aliphatic heterocycles. The number of benzene rings is 1. The van der Waals surface area contributed by atoms with E-state index < -0.39 is 23.7 Å². The number of halogens is 3. The fraction of sp³-hybridized carbons (Fsp3) is 0.333. The Kier molecular flexibility index (Phi) is 6.15. The largest absolute Gasteiger partial charge is 0.573 e. The van der Waals surface area contributed by atoms with E-state index in [0.717, 1.165) is 18.2 Å². The van der Waals surface area contributed by atoms with Crippen LogP contribution in [0.1, 0.15) is 29.3 Å². The first kappa shape index (κ1) is 17.7. The Labute approximate surface area is 125 Å². The predicted octanol–water partition coefficient (Wildman–Crippen LogP) is 3.59. The Morgan fingerprint density at radius 2 is 1.95 bits per heavy atom. The number of hydrogen-bond donors (Lipinski definition) is 0. The van der Waals surface area contributed by atoms with Gasteiger partial charge < -0.3 is 9.47 Å². The molecule has 0 amide bonds. The molecule has 0 N–H and O–H groups in total. The molecular weight excluding hydrogens is 301 g/mol. The average Bonchev–Trinajstić information content (AvgIpc) is 2.36. The van der Waals surface area contributed by atoms with E-state index in [4.69, 9.17) is 4.74 Å². The summed E-state index contributed by atoms with van der Waals surface area (Å²) < 4.78 is 44.9. The molecule has 4 nitrogen and oxygen atoms in total. The molecule has 0 spiro atoms. The van der Waals surface area contributed by atoms with Gasteiger partial charge in [-0.15, -0.1) is 13.2 Å². The lowest BCUT2D eigenvalue weighted by Gasteiger charge is -2.11. The molecule has 0 fully saturated rings. The van der Waals surface area contributed by atoms with E-state index in [-0.39, 0.29) is 12.0 Å². The van der Waals surface area contributed by atoms with Crippen LogP contribution in [0.15, 0.2) is 30.5 Å². The van der Waals surface area contributed by atoms with Crippen LogP contribution in [0.2, 0.25) is 0 Å². The van der Waals surface area contributed by atoms with Gasteiger partial charge in [0.25, 0.3) is 0 Å². The fourth-order valence-corrected chi connectivity index (χ4v) is 1.68. The third kappa shape index (κ3) is 5.99. The van der Waals surface area contributed by atoms with Crippen LogP contribution in [-0.2, 0) is 9.53 Å². The van der Waals surface area contributed by atoms with E-state index in [9.17, 15) is 22.8 Å². The molecule has 0 bridgehead atoms. The topological polar surface area (TPSA) is 52.6 Å². The fourth-order valence-electron chi connectivity index (χ4n) is 1.68. The van der Waals surface area contributed by atoms with Gasteiger partial charge in [-0.2, -0.15) is 0 Å². The minimum absolute atomic E-state index is 0.174. The Morgan fingerprint density at radius 1 is 1.27 bits per heavy atom. The van der Waals surface area contributed by atoms with Gasteiger partial charge in [0.2, 0.25) is 0 Å². The van der Waals surface area contributed by atoms with Gasteiger partial charge in [0.15, 0.2) is 11.6 Å². The number of allylic oxidation sites excluding steroid dienone is 1. The molecule has 1 rings (SSSR count). The van der Waals surface area contributed by atoms with Crippen LogP contribution in [0.25, 0.3) is 0 Å². The van der Waals surface area contributed by atoms with Crippen LogP contribution >= 0.6 is 0 Å². The molecule has 0 aromatic heterocycles. The molecule has 0 saturated carbocycles. The standard InChI is InChI=1S/C15H15F3O4/c1-3-21-7-6-11(19)9-14(20)13-5-4-12(8-10(13)2)22-15(16,17)18/h4-8H,3,9H2,1-2H3/b7-6+. The summed E-state index contributed by atoms with van der Waals surface area (Å²) >= 11 is 0. The summed E-state index contributed by atoms with van der Waals surface area (Å²) in [6.45, 7) is 3.61. The van der Waals surface area contributed by atoms with Gasteiger partial charge in [-0.1, -0.05) is 0 Å². The molecule has 0 atom stereocenters.